The molecule has 0 N–H and O–H groups in total. The number of hydrogen-bond donors (Lipinski definition) is 0. The molecule has 0 saturated carbocycles. The van der Waals surface area contributed by atoms with Crippen molar-refractivity contribution in [3.63, 3.8) is 0 Å². The number of rotatable bonds is 6. The zero-order valence-electron chi connectivity index (χ0n) is 16.0. The summed E-state index contributed by atoms with van der Waals surface area (Å²) in [7, 11) is -3.53. The van der Waals surface area contributed by atoms with Crippen molar-refractivity contribution in [2.24, 2.45) is 0 Å². The van der Waals surface area contributed by atoms with E-state index in [0.29, 0.717) is 36.7 Å². The number of unbranched alkanes of at least 4 members (excludes halogenated alkanes) is 1. The molecule has 1 aliphatic rings. The van der Waals surface area contributed by atoms with Crippen molar-refractivity contribution in [1.82, 2.24) is 13.9 Å². The summed E-state index contributed by atoms with van der Waals surface area (Å²) in [6.45, 7) is 4.67. The minimum atomic E-state index is -3.53. The quantitative estimate of drug-likeness (QED) is 0.636. The third-order valence-corrected chi connectivity index (χ3v) is 6.99. The van der Waals surface area contributed by atoms with Gasteiger partial charge in [0.15, 0.2) is 0 Å². The SMILES string of the molecule is CCCCn1c(-c2ccccc2)nc2cc(S(=O)(=O)N3CCOCC3)ccc21. The zero-order valence-corrected chi connectivity index (χ0v) is 16.9. The Kier molecular flexibility index (Phi) is 5.48. The van der Waals surface area contributed by atoms with Crippen LogP contribution in [0.4, 0.5) is 0 Å². The number of benzene rings is 2. The molecule has 2 aromatic carbocycles. The molecule has 3 aromatic rings. The van der Waals surface area contributed by atoms with E-state index < -0.39 is 10.0 Å². The molecule has 28 heavy (non-hydrogen) atoms. The molecule has 0 amide bonds. The van der Waals surface area contributed by atoms with Gasteiger partial charge < -0.3 is 9.30 Å². The Hall–Kier alpha value is -2.22. The number of imidazole rings is 1. The largest absolute Gasteiger partial charge is 0.379 e. The monoisotopic (exact) mass is 399 g/mol. The van der Waals surface area contributed by atoms with Crippen molar-refractivity contribution in [3.8, 4) is 11.4 Å². The second kappa shape index (κ2) is 8.03. The molecule has 148 valence electrons. The summed E-state index contributed by atoms with van der Waals surface area (Å²) in [5.74, 6) is 0.880. The van der Waals surface area contributed by atoms with Gasteiger partial charge >= 0.3 is 0 Å². The smallest absolute Gasteiger partial charge is 0.243 e. The van der Waals surface area contributed by atoms with Crippen LogP contribution in [0.15, 0.2) is 53.4 Å². The van der Waals surface area contributed by atoms with Crippen LogP contribution >= 0.6 is 0 Å². The van der Waals surface area contributed by atoms with E-state index in [1.165, 1.54) is 4.31 Å². The van der Waals surface area contributed by atoms with Crippen molar-refractivity contribution in [2.45, 2.75) is 31.2 Å². The van der Waals surface area contributed by atoms with Crippen molar-refractivity contribution < 1.29 is 13.2 Å². The number of nitrogens with zero attached hydrogens (tertiary/aromatic N) is 3. The average Bonchev–Trinajstić information content (AvgIpc) is 3.11. The Bertz CT molecular complexity index is 1060. The fourth-order valence-corrected chi connectivity index (χ4v) is 4.98. The highest BCUT2D eigenvalue weighted by molar-refractivity contribution is 7.89. The maximum absolute atomic E-state index is 13.0. The van der Waals surface area contributed by atoms with Crippen LogP contribution in [0.2, 0.25) is 0 Å². The summed E-state index contributed by atoms with van der Waals surface area (Å²) in [5.41, 5.74) is 2.71. The van der Waals surface area contributed by atoms with Gasteiger partial charge in [-0.15, -0.1) is 0 Å². The number of morpholine rings is 1. The van der Waals surface area contributed by atoms with Crippen molar-refractivity contribution >= 4 is 21.1 Å². The van der Waals surface area contributed by atoms with Crippen LogP contribution in [-0.2, 0) is 21.3 Å². The molecule has 4 rings (SSSR count). The summed E-state index contributed by atoms with van der Waals surface area (Å²) in [6.07, 6.45) is 2.12. The maximum atomic E-state index is 13.0. The summed E-state index contributed by atoms with van der Waals surface area (Å²) in [4.78, 5) is 5.10. The van der Waals surface area contributed by atoms with Crippen LogP contribution in [0.1, 0.15) is 19.8 Å². The lowest BCUT2D eigenvalue weighted by molar-refractivity contribution is 0.0730. The number of aromatic nitrogens is 2. The Morgan fingerprint density at radius 1 is 1.07 bits per heavy atom. The Balaban J connectivity index is 1.79. The average molecular weight is 400 g/mol. The molecule has 6 nitrogen and oxygen atoms in total. The Morgan fingerprint density at radius 2 is 1.82 bits per heavy atom. The Labute approximate surface area is 165 Å². The van der Waals surface area contributed by atoms with Crippen molar-refractivity contribution in [1.29, 1.82) is 0 Å². The van der Waals surface area contributed by atoms with Crippen LogP contribution < -0.4 is 0 Å². The number of fused-ring (bicyclic) bond motifs is 1. The number of sulfonamides is 1. The van der Waals surface area contributed by atoms with E-state index in [4.69, 9.17) is 9.72 Å². The lowest BCUT2D eigenvalue weighted by Crippen LogP contribution is -2.40. The predicted molar refractivity (Wildman–Crippen MR) is 110 cm³/mol. The van der Waals surface area contributed by atoms with E-state index in [0.717, 1.165) is 36.3 Å². The topological polar surface area (TPSA) is 64.4 Å². The van der Waals surface area contributed by atoms with Gasteiger partial charge in [-0.1, -0.05) is 43.7 Å². The third-order valence-electron chi connectivity index (χ3n) is 5.09. The maximum Gasteiger partial charge on any atom is 0.243 e. The van der Waals surface area contributed by atoms with Crippen LogP contribution in [0, 0.1) is 0 Å². The molecule has 1 aromatic heterocycles. The fourth-order valence-electron chi connectivity index (χ4n) is 3.56. The number of ether oxygens (including phenoxy) is 1. The van der Waals surface area contributed by atoms with E-state index in [2.05, 4.69) is 11.5 Å². The van der Waals surface area contributed by atoms with Crippen LogP contribution in [-0.4, -0.2) is 48.6 Å². The molecule has 0 atom stereocenters. The molecule has 0 unspecified atom stereocenters. The molecule has 0 bridgehead atoms. The van der Waals surface area contributed by atoms with E-state index in [1.807, 2.05) is 36.4 Å². The van der Waals surface area contributed by atoms with E-state index in [1.54, 1.807) is 12.1 Å². The summed E-state index contributed by atoms with van der Waals surface area (Å²) >= 11 is 0. The highest BCUT2D eigenvalue weighted by Crippen LogP contribution is 2.28. The standard InChI is InChI=1S/C21H25N3O3S/c1-2-3-11-24-20-10-9-18(28(25,26)23-12-14-27-15-13-23)16-19(20)22-21(24)17-7-5-4-6-8-17/h4-10,16H,2-3,11-15H2,1H3. The summed E-state index contributed by atoms with van der Waals surface area (Å²) in [6, 6.07) is 15.3. The molecule has 0 spiro atoms. The highest BCUT2D eigenvalue weighted by Gasteiger charge is 2.27. The zero-order chi connectivity index (χ0) is 19.6. The molecule has 1 saturated heterocycles. The molecule has 0 aliphatic carbocycles. The van der Waals surface area contributed by atoms with Gasteiger partial charge in [0.2, 0.25) is 10.0 Å². The lowest BCUT2D eigenvalue weighted by atomic mass is 10.2. The minimum absolute atomic E-state index is 0.293. The van der Waals surface area contributed by atoms with Gasteiger partial charge in [-0.05, 0) is 24.6 Å². The van der Waals surface area contributed by atoms with Crippen LogP contribution in [0.3, 0.4) is 0 Å². The Morgan fingerprint density at radius 3 is 2.54 bits per heavy atom. The third kappa shape index (κ3) is 3.57. The first-order valence-corrected chi connectivity index (χ1v) is 11.2. The van der Waals surface area contributed by atoms with E-state index >= 15 is 0 Å². The predicted octanol–water partition coefficient (Wildman–Crippen LogP) is 3.52. The first kappa shape index (κ1) is 19.1. The minimum Gasteiger partial charge on any atom is -0.379 e. The molecule has 2 heterocycles. The van der Waals surface area contributed by atoms with Gasteiger partial charge in [-0.25, -0.2) is 13.4 Å². The van der Waals surface area contributed by atoms with Gasteiger partial charge in [0.25, 0.3) is 0 Å². The second-order valence-electron chi connectivity index (χ2n) is 6.97. The van der Waals surface area contributed by atoms with Crippen molar-refractivity contribution in [3.05, 3.63) is 48.5 Å². The van der Waals surface area contributed by atoms with Gasteiger partial charge in [-0.2, -0.15) is 4.31 Å². The number of hydrogen-bond acceptors (Lipinski definition) is 4. The van der Waals surface area contributed by atoms with Crippen molar-refractivity contribution in [2.75, 3.05) is 26.3 Å². The summed E-state index contributed by atoms with van der Waals surface area (Å²) < 4.78 is 35.0. The molecule has 7 heteroatoms. The molecule has 1 fully saturated rings. The highest BCUT2D eigenvalue weighted by atomic mass is 32.2. The lowest BCUT2D eigenvalue weighted by Gasteiger charge is -2.26. The number of aryl methyl sites for hydroxylation is 1. The molecule has 1 aliphatic heterocycles. The molecular formula is C21H25N3O3S. The molecule has 0 radical (unpaired) electrons. The second-order valence-corrected chi connectivity index (χ2v) is 8.91. The van der Waals surface area contributed by atoms with Crippen LogP contribution in [0.25, 0.3) is 22.4 Å². The van der Waals surface area contributed by atoms with Gasteiger partial charge in [0.05, 0.1) is 29.1 Å². The van der Waals surface area contributed by atoms with Gasteiger partial charge in [0, 0.05) is 25.2 Å². The van der Waals surface area contributed by atoms with E-state index in [9.17, 15) is 8.42 Å². The first-order valence-electron chi connectivity index (χ1n) is 9.75. The first-order chi connectivity index (χ1) is 13.6. The molecular weight excluding hydrogens is 374 g/mol. The van der Waals surface area contributed by atoms with Gasteiger partial charge in [0.1, 0.15) is 5.82 Å². The van der Waals surface area contributed by atoms with E-state index in [-0.39, 0.29) is 0 Å². The van der Waals surface area contributed by atoms with Gasteiger partial charge in [-0.3, -0.25) is 0 Å². The fraction of sp³-hybridized carbons (Fsp3) is 0.381. The summed E-state index contributed by atoms with van der Waals surface area (Å²) in [5, 5.41) is 0. The van der Waals surface area contributed by atoms with Crippen LogP contribution in [0.5, 0.6) is 0 Å². The normalized spacial score (nSPS) is 15.9.